The Labute approximate surface area is 162 Å². The lowest BCUT2D eigenvalue weighted by Gasteiger charge is -2.21. The Morgan fingerprint density at radius 1 is 1.04 bits per heavy atom. The molecule has 1 fully saturated rings. The van der Waals surface area contributed by atoms with E-state index in [0.717, 1.165) is 31.0 Å². The number of aryl methyl sites for hydroxylation is 1. The maximum atomic E-state index is 9.76. The van der Waals surface area contributed by atoms with Crippen LogP contribution in [0.4, 0.5) is 0 Å². The monoisotopic (exact) mass is 362 g/mol. The van der Waals surface area contributed by atoms with Crippen LogP contribution in [0.5, 0.6) is 0 Å². The molecule has 142 valence electrons. The standard InChI is InChI=1S/C24H30N2O/c27-18-21(19-9-4-5-10-19)13-6-7-16-26-17-23(20-11-2-1-3-12-20)22-14-8-15-25-24(22)26/h1-3,8,11-12,14-15,17,19,21,27H,4-7,9-10,13,16,18H2. The molecular formula is C24H30N2O. The van der Waals surface area contributed by atoms with Crippen molar-refractivity contribution in [1.29, 1.82) is 0 Å². The third-order valence-electron chi connectivity index (χ3n) is 6.24. The van der Waals surface area contributed by atoms with Gasteiger partial charge in [0.1, 0.15) is 5.65 Å². The van der Waals surface area contributed by atoms with E-state index >= 15 is 0 Å². The number of aromatic nitrogens is 2. The molecule has 4 rings (SSSR count). The number of benzene rings is 1. The van der Waals surface area contributed by atoms with Gasteiger partial charge in [0.25, 0.3) is 0 Å². The molecule has 0 bridgehead atoms. The summed E-state index contributed by atoms with van der Waals surface area (Å²) in [6.45, 7) is 1.35. The van der Waals surface area contributed by atoms with Crippen molar-refractivity contribution >= 4 is 11.0 Å². The van der Waals surface area contributed by atoms with Crippen molar-refractivity contribution in [2.75, 3.05) is 6.61 Å². The zero-order valence-electron chi connectivity index (χ0n) is 16.1. The molecule has 1 aliphatic rings. The summed E-state index contributed by atoms with van der Waals surface area (Å²) in [6.07, 6.45) is 12.9. The first kappa shape index (κ1) is 18.2. The molecule has 1 aromatic carbocycles. The van der Waals surface area contributed by atoms with E-state index < -0.39 is 0 Å². The summed E-state index contributed by atoms with van der Waals surface area (Å²) in [5.41, 5.74) is 3.58. The van der Waals surface area contributed by atoms with E-state index in [2.05, 4.69) is 52.1 Å². The van der Waals surface area contributed by atoms with Gasteiger partial charge < -0.3 is 9.67 Å². The summed E-state index contributed by atoms with van der Waals surface area (Å²) >= 11 is 0. The molecule has 3 nitrogen and oxygen atoms in total. The van der Waals surface area contributed by atoms with Gasteiger partial charge in [0.05, 0.1) is 0 Å². The fourth-order valence-corrected chi connectivity index (χ4v) is 4.73. The van der Waals surface area contributed by atoms with E-state index in [1.54, 1.807) is 0 Å². The molecule has 1 saturated carbocycles. The van der Waals surface area contributed by atoms with Gasteiger partial charge in [-0.3, -0.25) is 0 Å². The highest BCUT2D eigenvalue weighted by Gasteiger charge is 2.23. The number of hydrogen-bond acceptors (Lipinski definition) is 2. The average molecular weight is 363 g/mol. The van der Waals surface area contributed by atoms with Crippen LogP contribution in [0.2, 0.25) is 0 Å². The second-order valence-electron chi connectivity index (χ2n) is 7.96. The Balaban J connectivity index is 1.43. The van der Waals surface area contributed by atoms with Crippen molar-refractivity contribution in [2.45, 2.75) is 51.5 Å². The van der Waals surface area contributed by atoms with Gasteiger partial charge in [-0.25, -0.2) is 4.98 Å². The van der Waals surface area contributed by atoms with Crippen LogP contribution in [0.25, 0.3) is 22.2 Å². The summed E-state index contributed by atoms with van der Waals surface area (Å²) in [6, 6.07) is 14.8. The molecule has 27 heavy (non-hydrogen) atoms. The van der Waals surface area contributed by atoms with Crippen molar-refractivity contribution in [3.63, 3.8) is 0 Å². The first-order chi connectivity index (χ1) is 13.4. The fraction of sp³-hybridized carbons (Fsp3) is 0.458. The maximum absolute atomic E-state index is 9.76. The molecule has 0 saturated heterocycles. The first-order valence-electron chi connectivity index (χ1n) is 10.5. The van der Waals surface area contributed by atoms with Crippen LogP contribution >= 0.6 is 0 Å². The Bertz CT molecular complexity index is 849. The zero-order chi connectivity index (χ0) is 18.5. The highest BCUT2D eigenvalue weighted by molar-refractivity contribution is 5.93. The minimum absolute atomic E-state index is 0.358. The zero-order valence-corrected chi connectivity index (χ0v) is 16.1. The van der Waals surface area contributed by atoms with Crippen LogP contribution in [0.15, 0.2) is 54.9 Å². The Hall–Kier alpha value is -2.13. The average Bonchev–Trinajstić information content (AvgIpc) is 3.37. The molecule has 1 atom stereocenters. The van der Waals surface area contributed by atoms with E-state index in [4.69, 9.17) is 0 Å². The van der Waals surface area contributed by atoms with Crippen molar-refractivity contribution < 1.29 is 5.11 Å². The van der Waals surface area contributed by atoms with E-state index in [1.165, 1.54) is 48.6 Å². The molecule has 0 radical (unpaired) electrons. The highest BCUT2D eigenvalue weighted by atomic mass is 16.3. The number of aliphatic hydroxyl groups excluding tert-OH is 1. The lowest BCUT2D eigenvalue weighted by molar-refractivity contribution is 0.164. The third kappa shape index (κ3) is 4.08. The summed E-state index contributed by atoms with van der Waals surface area (Å²) in [7, 11) is 0. The largest absolute Gasteiger partial charge is 0.396 e. The summed E-state index contributed by atoms with van der Waals surface area (Å²) in [5, 5.41) is 11.0. The van der Waals surface area contributed by atoms with Crippen molar-refractivity contribution in [3.05, 3.63) is 54.9 Å². The number of aliphatic hydroxyl groups is 1. The number of fused-ring (bicyclic) bond motifs is 1. The predicted octanol–water partition coefficient (Wildman–Crippen LogP) is 5.67. The van der Waals surface area contributed by atoms with Crippen LogP contribution in [0.1, 0.15) is 44.9 Å². The lowest BCUT2D eigenvalue weighted by Crippen LogP contribution is -2.16. The van der Waals surface area contributed by atoms with Gasteiger partial charge in [0.15, 0.2) is 0 Å². The topological polar surface area (TPSA) is 38.0 Å². The van der Waals surface area contributed by atoms with Gasteiger partial charge >= 0.3 is 0 Å². The maximum Gasteiger partial charge on any atom is 0.140 e. The summed E-state index contributed by atoms with van der Waals surface area (Å²) in [5.74, 6) is 1.26. The van der Waals surface area contributed by atoms with Gasteiger partial charge in [-0.1, -0.05) is 62.4 Å². The van der Waals surface area contributed by atoms with Crippen LogP contribution in [-0.4, -0.2) is 21.3 Å². The molecule has 2 aromatic heterocycles. The molecule has 1 aliphatic carbocycles. The van der Waals surface area contributed by atoms with Crippen molar-refractivity contribution in [2.24, 2.45) is 11.8 Å². The smallest absolute Gasteiger partial charge is 0.140 e. The van der Waals surface area contributed by atoms with Crippen molar-refractivity contribution in [3.8, 4) is 11.1 Å². The Morgan fingerprint density at radius 3 is 2.63 bits per heavy atom. The second kappa shape index (κ2) is 8.71. The Kier molecular flexibility index (Phi) is 5.88. The molecule has 0 aliphatic heterocycles. The predicted molar refractivity (Wildman–Crippen MR) is 112 cm³/mol. The Morgan fingerprint density at radius 2 is 1.85 bits per heavy atom. The lowest BCUT2D eigenvalue weighted by atomic mass is 9.87. The number of unbranched alkanes of at least 4 members (excludes halogenated alkanes) is 1. The minimum Gasteiger partial charge on any atom is -0.396 e. The van der Waals surface area contributed by atoms with Gasteiger partial charge in [0, 0.05) is 36.5 Å². The van der Waals surface area contributed by atoms with Crippen LogP contribution < -0.4 is 0 Å². The molecule has 0 spiro atoms. The molecular weight excluding hydrogens is 332 g/mol. The minimum atomic E-state index is 0.358. The summed E-state index contributed by atoms with van der Waals surface area (Å²) in [4.78, 5) is 4.64. The SMILES string of the molecule is OCC(CCCCn1cc(-c2ccccc2)c2cccnc21)C1CCCC1. The van der Waals surface area contributed by atoms with E-state index in [0.29, 0.717) is 12.5 Å². The number of hydrogen-bond donors (Lipinski definition) is 1. The number of pyridine rings is 1. The molecule has 2 heterocycles. The van der Waals surface area contributed by atoms with Crippen LogP contribution in [0, 0.1) is 11.8 Å². The molecule has 3 heteroatoms. The number of rotatable bonds is 8. The molecule has 3 aromatic rings. The van der Waals surface area contributed by atoms with Gasteiger partial charge in [0.2, 0.25) is 0 Å². The fourth-order valence-electron chi connectivity index (χ4n) is 4.73. The first-order valence-corrected chi connectivity index (χ1v) is 10.5. The van der Waals surface area contributed by atoms with Crippen LogP contribution in [0.3, 0.4) is 0 Å². The molecule has 1 N–H and O–H groups in total. The van der Waals surface area contributed by atoms with E-state index in [1.807, 2.05) is 12.3 Å². The number of nitrogens with zero attached hydrogens (tertiary/aromatic N) is 2. The van der Waals surface area contributed by atoms with E-state index in [-0.39, 0.29) is 0 Å². The quantitative estimate of drug-likeness (QED) is 0.524. The highest BCUT2D eigenvalue weighted by Crippen LogP contribution is 2.34. The van der Waals surface area contributed by atoms with Gasteiger partial charge in [-0.2, -0.15) is 0 Å². The third-order valence-corrected chi connectivity index (χ3v) is 6.24. The van der Waals surface area contributed by atoms with E-state index in [9.17, 15) is 5.11 Å². The van der Waals surface area contributed by atoms with Gasteiger partial charge in [-0.05, 0) is 42.4 Å². The van der Waals surface area contributed by atoms with Crippen molar-refractivity contribution in [1.82, 2.24) is 9.55 Å². The molecule has 0 amide bonds. The molecule has 1 unspecified atom stereocenters. The van der Waals surface area contributed by atoms with Crippen LogP contribution in [-0.2, 0) is 6.54 Å². The normalized spacial score (nSPS) is 16.2. The second-order valence-corrected chi connectivity index (χ2v) is 7.96. The summed E-state index contributed by atoms with van der Waals surface area (Å²) < 4.78 is 2.31. The van der Waals surface area contributed by atoms with Gasteiger partial charge in [-0.15, -0.1) is 0 Å².